The molecule has 9 heteroatoms. The fourth-order valence-corrected chi connectivity index (χ4v) is 2.84. The smallest absolute Gasteiger partial charge is 0.338 e. The molecule has 2 aromatic carbocycles. The van der Waals surface area contributed by atoms with Crippen LogP contribution in [0, 0.1) is 0 Å². The lowest BCUT2D eigenvalue weighted by Crippen LogP contribution is -2.31. The Balaban J connectivity index is 1.56. The highest BCUT2D eigenvalue weighted by Gasteiger charge is 2.17. The summed E-state index contributed by atoms with van der Waals surface area (Å²) in [5.74, 6) is 0.239. The third kappa shape index (κ3) is 4.93. The van der Waals surface area contributed by atoms with Gasteiger partial charge in [-0.25, -0.2) is 14.5 Å². The molecule has 1 aromatic heterocycles. The summed E-state index contributed by atoms with van der Waals surface area (Å²) in [7, 11) is 3.11. The molecule has 0 unspecified atom stereocenters. The van der Waals surface area contributed by atoms with Gasteiger partial charge in [0.25, 0.3) is 5.91 Å². The Morgan fingerprint density at radius 1 is 1.10 bits per heavy atom. The second kappa shape index (κ2) is 9.55. The quantitative estimate of drug-likeness (QED) is 0.568. The Labute approximate surface area is 173 Å². The van der Waals surface area contributed by atoms with Crippen molar-refractivity contribution < 1.29 is 23.8 Å². The van der Waals surface area contributed by atoms with Crippen LogP contribution in [-0.4, -0.2) is 47.5 Å². The van der Waals surface area contributed by atoms with Crippen molar-refractivity contribution in [3.63, 3.8) is 0 Å². The molecule has 0 aliphatic carbocycles. The Hall–Kier alpha value is -3.88. The summed E-state index contributed by atoms with van der Waals surface area (Å²) in [6, 6.07) is 11.6. The summed E-state index contributed by atoms with van der Waals surface area (Å²) >= 11 is 0. The highest BCUT2D eigenvalue weighted by Crippen LogP contribution is 2.29. The first-order valence-corrected chi connectivity index (χ1v) is 9.15. The summed E-state index contributed by atoms with van der Waals surface area (Å²) in [6.45, 7) is 1.40. The molecule has 0 aliphatic rings. The number of benzene rings is 2. The van der Waals surface area contributed by atoms with E-state index in [-0.39, 0.29) is 6.04 Å². The number of aromatic nitrogens is 3. The van der Waals surface area contributed by atoms with Gasteiger partial charge in [0.1, 0.15) is 24.2 Å². The third-order valence-corrected chi connectivity index (χ3v) is 4.40. The molecular weight excluding hydrogens is 388 g/mol. The Morgan fingerprint density at radius 3 is 2.50 bits per heavy atom. The Bertz CT molecular complexity index is 1000. The zero-order valence-corrected chi connectivity index (χ0v) is 16.9. The highest BCUT2D eigenvalue weighted by atomic mass is 16.5. The van der Waals surface area contributed by atoms with Crippen LogP contribution in [0.1, 0.15) is 28.9 Å². The predicted molar refractivity (Wildman–Crippen MR) is 108 cm³/mol. The number of ether oxygens (including phenoxy) is 3. The molecule has 0 bridgehead atoms. The molecule has 1 heterocycles. The molecule has 1 amide bonds. The minimum Gasteiger partial charge on any atom is -0.497 e. The van der Waals surface area contributed by atoms with Gasteiger partial charge >= 0.3 is 5.97 Å². The summed E-state index contributed by atoms with van der Waals surface area (Å²) in [5.41, 5.74) is 1.83. The molecule has 0 fully saturated rings. The van der Waals surface area contributed by atoms with Gasteiger partial charge in [-0.05, 0) is 49.4 Å². The number of hydrogen-bond acceptors (Lipinski definition) is 7. The van der Waals surface area contributed by atoms with E-state index in [0.717, 1.165) is 11.3 Å². The van der Waals surface area contributed by atoms with E-state index in [1.165, 1.54) is 6.33 Å². The Morgan fingerprint density at radius 2 is 1.87 bits per heavy atom. The van der Waals surface area contributed by atoms with E-state index < -0.39 is 18.5 Å². The minimum absolute atomic E-state index is 0.328. The minimum atomic E-state index is -0.595. The van der Waals surface area contributed by atoms with Crippen LogP contribution in [0.2, 0.25) is 0 Å². The molecule has 0 saturated heterocycles. The van der Waals surface area contributed by atoms with E-state index in [2.05, 4.69) is 15.4 Å². The van der Waals surface area contributed by atoms with Gasteiger partial charge in [-0.1, -0.05) is 0 Å². The van der Waals surface area contributed by atoms with Gasteiger partial charge in [0.15, 0.2) is 6.61 Å². The van der Waals surface area contributed by atoms with Crippen LogP contribution in [0.4, 0.5) is 0 Å². The third-order valence-electron chi connectivity index (χ3n) is 4.40. The molecule has 3 aromatic rings. The molecule has 0 saturated carbocycles. The first kappa shape index (κ1) is 20.8. The van der Waals surface area contributed by atoms with Gasteiger partial charge < -0.3 is 19.5 Å². The average Bonchev–Trinajstić information content (AvgIpc) is 3.32. The van der Waals surface area contributed by atoms with Gasteiger partial charge in [-0.2, -0.15) is 5.10 Å². The van der Waals surface area contributed by atoms with E-state index in [9.17, 15) is 9.59 Å². The zero-order chi connectivity index (χ0) is 21.5. The van der Waals surface area contributed by atoms with Crippen molar-refractivity contribution in [2.24, 2.45) is 0 Å². The second-order valence-electron chi connectivity index (χ2n) is 6.36. The summed E-state index contributed by atoms with van der Waals surface area (Å²) in [5, 5.41) is 6.80. The number of esters is 1. The van der Waals surface area contributed by atoms with Crippen molar-refractivity contribution >= 4 is 11.9 Å². The largest absolute Gasteiger partial charge is 0.497 e. The van der Waals surface area contributed by atoms with Crippen LogP contribution in [0.5, 0.6) is 11.5 Å². The molecule has 0 spiro atoms. The second-order valence-corrected chi connectivity index (χ2v) is 6.36. The maximum absolute atomic E-state index is 12.2. The first-order chi connectivity index (χ1) is 14.5. The van der Waals surface area contributed by atoms with Crippen LogP contribution in [0.3, 0.4) is 0 Å². The number of carbonyl (C=O) groups excluding carboxylic acids is 2. The van der Waals surface area contributed by atoms with Crippen LogP contribution in [0.25, 0.3) is 5.69 Å². The van der Waals surface area contributed by atoms with Crippen LogP contribution >= 0.6 is 0 Å². The number of nitrogens with one attached hydrogen (secondary N) is 1. The number of hydrogen-bond donors (Lipinski definition) is 1. The molecule has 1 atom stereocenters. The van der Waals surface area contributed by atoms with Crippen LogP contribution in [0.15, 0.2) is 55.1 Å². The molecular formula is C21H22N4O5. The van der Waals surface area contributed by atoms with Gasteiger partial charge in [0.05, 0.1) is 31.5 Å². The molecule has 9 nitrogen and oxygen atoms in total. The van der Waals surface area contributed by atoms with Gasteiger partial charge in [0.2, 0.25) is 0 Å². The van der Waals surface area contributed by atoms with Crippen molar-refractivity contribution in [1.82, 2.24) is 20.1 Å². The maximum atomic E-state index is 12.2. The lowest BCUT2D eigenvalue weighted by Gasteiger charge is -2.18. The number of amides is 1. The SMILES string of the molecule is COc1ccc(OC)c([C@H](C)NC(=O)COC(=O)c2ccc(-n3cncn3)cc2)c1. The van der Waals surface area contributed by atoms with Crippen molar-refractivity contribution in [3.05, 3.63) is 66.2 Å². The average molecular weight is 410 g/mol. The van der Waals surface area contributed by atoms with Crippen LogP contribution < -0.4 is 14.8 Å². The van der Waals surface area contributed by atoms with Crippen molar-refractivity contribution in [2.45, 2.75) is 13.0 Å². The van der Waals surface area contributed by atoms with Gasteiger partial charge in [0, 0.05) is 5.56 Å². The monoisotopic (exact) mass is 410 g/mol. The molecule has 156 valence electrons. The van der Waals surface area contributed by atoms with E-state index >= 15 is 0 Å². The first-order valence-electron chi connectivity index (χ1n) is 9.15. The lowest BCUT2D eigenvalue weighted by atomic mass is 10.1. The fourth-order valence-electron chi connectivity index (χ4n) is 2.84. The van der Waals surface area contributed by atoms with Crippen molar-refractivity contribution in [3.8, 4) is 17.2 Å². The van der Waals surface area contributed by atoms with E-state index in [4.69, 9.17) is 14.2 Å². The summed E-state index contributed by atoms with van der Waals surface area (Å²) in [6.07, 6.45) is 2.97. The van der Waals surface area contributed by atoms with E-state index in [1.54, 1.807) is 74.6 Å². The van der Waals surface area contributed by atoms with Gasteiger partial charge in [-0.15, -0.1) is 0 Å². The molecule has 1 N–H and O–H groups in total. The molecule has 3 rings (SSSR count). The summed E-state index contributed by atoms with van der Waals surface area (Å²) < 4.78 is 17.2. The number of methoxy groups -OCH3 is 2. The standard InChI is InChI=1S/C21H22N4O5/c1-14(18-10-17(28-2)8-9-19(18)29-3)24-20(26)11-30-21(27)15-4-6-16(7-5-15)25-13-22-12-23-25/h4-10,12-14H,11H2,1-3H3,(H,24,26)/t14-/m0/s1. The number of nitrogens with zero attached hydrogens (tertiary/aromatic N) is 3. The fraction of sp³-hybridized carbons (Fsp3) is 0.238. The van der Waals surface area contributed by atoms with Crippen molar-refractivity contribution in [1.29, 1.82) is 0 Å². The maximum Gasteiger partial charge on any atom is 0.338 e. The zero-order valence-electron chi connectivity index (χ0n) is 16.9. The topological polar surface area (TPSA) is 105 Å². The Kier molecular flexibility index (Phi) is 6.63. The van der Waals surface area contributed by atoms with Crippen LogP contribution in [-0.2, 0) is 9.53 Å². The lowest BCUT2D eigenvalue weighted by molar-refractivity contribution is -0.124. The summed E-state index contributed by atoms with van der Waals surface area (Å²) in [4.78, 5) is 28.3. The van der Waals surface area contributed by atoms with E-state index in [0.29, 0.717) is 17.1 Å². The van der Waals surface area contributed by atoms with E-state index in [1.807, 2.05) is 0 Å². The van der Waals surface area contributed by atoms with Gasteiger partial charge in [-0.3, -0.25) is 4.79 Å². The molecule has 0 aliphatic heterocycles. The molecule has 0 radical (unpaired) electrons. The van der Waals surface area contributed by atoms with Crippen molar-refractivity contribution in [2.75, 3.05) is 20.8 Å². The normalized spacial score (nSPS) is 11.4. The number of rotatable bonds is 8. The molecule has 30 heavy (non-hydrogen) atoms. The number of carbonyl (C=O) groups is 2. The highest BCUT2D eigenvalue weighted by molar-refractivity contribution is 5.91. The predicted octanol–water partition coefficient (Wildman–Crippen LogP) is 2.32.